The van der Waals surface area contributed by atoms with E-state index in [0.717, 1.165) is 61.6 Å². The molecule has 11 aromatic rings. The first kappa shape index (κ1) is 40.9. The number of benzene rings is 9. The zero-order valence-electron chi connectivity index (χ0n) is 36.5. The lowest BCUT2D eigenvalue weighted by Crippen LogP contribution is -2.09. The van der Waals surface area contributed by atoms with Crippen molar-refractivity contribution in [3.63, 3.8) is 0 Å². The van der Waals surface area contributed by atoms with E-state index < -0.39 is 0 Å². The van der Waals surface area contributed by atoms with Gasteiger partial charge in [0.15, 0.2) is 17.1 Å². The van der Waals surface area contributed by atoms with Crippen LogP contribution in [0.3, 0.4) is 0 Å². The number of fused-ring (bicyclic) bond motifs is 3. The van der Waals surface area contributed by atoms with Crippen LogP contribution >= 0.6 is 0 Å². The quantitative estimate of drug-likeness (QED) is 0.136. The number of hydrogen-bond donors (Lipinski definition) is 0. The predicted octanol–water partition coefficient (Wildman–Crippen LogP) is 17.0. The highest BCUT2D eigenvalue weighted by atomic mass is 15.1. The second-order valence-corrected chi connectivity index (χ2v) is 16.2. The Morgan fingerprint density at radius 3 is 1.56 bits per heavy atom. The SMILES string of the molecule is [C-]#[N+]c1cc(-c2cc(-c3ccccc3[N+]#[C-])nc(-c3ccccc3[N+]#[C-])n2)ccc1-c1ccc(-c2ccc(-n3c4ccccc4c4cc(N(c5ccccc5)c5ccccc5)ccc43)cc2)cc1. The topological polar surface area (TPSA) is 47.0 Å². The molecule has 0 radical (unpaired) electrons. The smallest absolute Gasteiger partial charge is 0.198 e. The maximum absolute atomic E-state index is 8.23. The molecule has 0 bridgehead atoms. The molecule has 7 nitrogen and oxygen atoms in total. The largest absolute Gasteiger partial charge is 0.310 e. The Morgan fingerprint density at radius 1 is 0.353 bits per heavy atom. The molecule has 0 fully saturated rings. The average Bonchev–Trinajstić information content (AvgIpc) is 3.75. The molecule has 9 aromatic carbocycles. The van der Waals surface area contributed by atoms with Crippen molar-refractivity contribution in [3.05, 3.63) is 259 Å². The van der Waals surface area contributed by atoms with E-state index in [0.29, 0.717) is 45.4 Å². The van der Waals surface area contributed by atoms with Gasteiger partial charge in [0.25, 0.3) is 0 Å². The van der Waals surface area contributed by atoms with Gasteiger partial charge < -0.3 is 9.47 Å². The first-order valence-electron chi connectivity index (χ1n) is 22.1. The molecule has 316 valence electrons. The molecule has 0 unspecified atom stereocenters. The van der Waals surface area contributed by atoms with Gasteiger partial charge in [-0.15, -0.1) is 0 Å². The molecule has 0 aliphatic rings. The van der Waals surface area contributed by atoms with E-state index in [2.05, 4.69) is 164 Å². The molecule has 0 aliphatic heterocycles. The van der Waals surface area contributed by atoms with Gasteiger partial charge >= 0.3 is 0 Å². The van der Waals surface area contributed by atoms with Crippen LogP contribution in [-0.2, 0) is 0 Å². The van der Waals surface area contributed by atoms with Crippen molar-refractivity contribution < 1.29 is 0 Å². The molecular formula is C61H37N7. The summed E-state index contributed by atoms with van der Waals surface area (Å²) in [5.74, 6) is 0.375. The third-order valence-corrected chi connectivity index (χ3v) is 12.3. The Labute approximate surface area is 394 Å². The summed E-state index contributed by atoms with van der Waals surface area (Å²) in [5, 5.41) is 2.37. The second-order valence-electron chi connectivity index (χ2n) is 16.2. The van der Waals surface area contributed by atoms with E-state index in [-0.39, 0.29) is 0 Å². The van der Waals surface area contributed by atoms with E-state index in [1.165, 1.54) is 10.8 Å². The molecule has 2 heterocycles. The Balaban J connectivity index is 0.904. The summed E-state index contributed by atoms with van der Waals surface area (Å²) in [6.45, 7) is 23.8. The number of aromatic nitrogens is 3. The van der Waals surface area contributed by atoms with Gasteiger partial charge in [0, 0.05) is 44.6 Å². The zero-order valence-corrected chi connectivity index (χ0v) is 36.5. The van der Waals surface area contributed by atoms with Gasteiger partial charge in [-0.3, -0.25) is 0 Å². The first-order chi connectivity index (χ1) is 33.6. The van der Waals surface area contributed by atoms with Gasteiger partial charge in [-0.2, -0.15) is 0 Å². The summed E-state index contributed by atoms with van der Waals surface area (Å²) in [5.41, 5.74) is 15.0. The number of anilines is 3. The van der Waals surface area contributed by atoms with Gasteiger partial charge in [-0.1, -0.05) is 152 Å². The molecule has 2 aromatic heterocycles. The van der Waals surface area contributed by atoms with Crippen molar-refractivity contribution in [1.82, 2.24) is 14.5 Å². The van der Waals surface area contributed by atoms with Crippen LogP contribution in [-0.4, -0.2) is 14.5 Å². The molecule has 0 amide bonds. The van der Waals surface area contributed by atoms with Crippen molar-refractivity contribution >= 4 is 55.9 Å². The summed E-state index contributed by atoms with van der Waals surface area (Å²) in [7, 11) is 0. The van der Waals surface area contributed by atoms with E-state index in [9.17, 15) is 0 Å². The Kier molecular flexibility index (Phi) is 10.6. The van der Waals surface area contributed by atoms with Crippen LogP contribution in [0.4, 0.5) is 34.1 Å². The van der Waals surface area contributed by atoms with Crippen molar-refractivity contribution in [1.29, 1.82) is 0 Å². The number of nitrogens with zero attached hydrogens (tertiary/aromatic N) is 7. The van der Waals surface area contributed by atoms with Crippen LogP contribution in [0.25, 0.3) is 98.2 Å². The monoisotopic (exact) mass is 867 g/mol. The Bertz CT molecular complexity index is 3700. The highest BCUT2D eigenvalue weighted by molar-refractivity contribution is 6.10. The van der Waals surface area contributed by atoms with Crippen molar-refractivity contribution in [2.24, 2.45) is 0 Å². The summed E-state index contributed by atoms with van der Waals surface area (Å²) in [6.07, 6.45) is 0. The van der Waals surface area contributed by atoms with E-state index in [1.807, 2.05) is 72.8 Å². The van der Waals surface area contributed by atoms with Crippen molar-refractivity contribution in [3.8, 4) is 61.8 Å². The van der Waals surface area contributed by atoms with Gasteiger partial charge in [0.2, 0.25) is 0 Å². The first-order valence-corrected chi connectivity index (χ1v) is 22.1. The minimum Gasteiger partial charge on any atom is -0.310 e. The van der Waals surface area contributed by atoms with Gasteiger partial charge in [-0.05, 0) is 101 Å². The van der Waals surface area contributed by atoms with E-state index >= 15 is 0 Å². The van der Waals surface area contributed by atoms with Gasteiger partial charge in [-0.25, -0.2) is 24.5 Å². The predicted molar refractivity (Wildman–Crippen MR) is 277 cm³/mol. The molecule has 0 aliphatic carbocycles. The van der Waals surface area contributed by atoms with E-state index in [4.69, 9.17) is 29.7 Å². The summed E-state index contributed by atoms with van der Waals surface area (Å²) < 4.78 is 2.34. The van der Waals surface area contributed by atoms with Crippen LogP contribution in [0.1, 0.15) is 0 Å². The minimum atomic E-state index is 0.375. The van der Waals surface area contributed by atoms with Crippen LogP contribution < -0.4 is 4.90 Å². The lowest BCUT2D eigenvalue weighted by atomic mass is 9.97. The Hall–Kier alpha value is -9.87. The third kappa shape index (κ3) is 7.47. The van der Waals surface area contributed by atoms with Crippen molar-refractivity contribution in [2.45, 2.75) is 0 Å². The van der Waals surface area contributed by atoms with Crippen LogP contribution in [0.5, 0.6) is 0 Å². The highest BCUT2D eigenvalue weighted by Gasteiger charge is 2.19. The Morgan fingerprint density at radius 2 is 0.882 bits per heavy atom. The normalized spacial score (nSPS) is 10.9. The summed E-state index contributed by atoms with van der Waals surface area (Å²) in [6, 6.07) is 75.6. The molecule has 0 saturated heterocycles. The van der Waals surface area contributed by atoms with Gasteiger partial charge in [0.1, 0.15) is 5.82 Å². The molecular weight excluding hydrogens is 831 g/mol. The second kappa shape index (κ2) is 17.6. The lowest BCUT2D eigenvalue weighted by Gasteiger charge is -2.25. The molecule has 11 rings (SSSR count). The maximum Gasteiger partial charge on any atom is 0.198 e. The molecule has 68 heavy (non-hydrogen) atoms. The van der Waals surface area contributed by atoms with Gasteiger partial charge in [0.05, 0.1) is 42.1 Å². The summed E-state index contributed by atoms with van der Waals surface area (Å²) in [4.78, 5) is 23.5. The van der Waals surface area contributed by atoms with Crippen LogP contribution in [0, 0.1) is 19.7 Å². The zero-order chi connectivity index (χ0) is 46.0. The standard InChI is InChI=1S/C61H37N7/c1-62-54-23-13-10-21-51(54)58-40-56(65-61(66-58)52-22-11-14-24-55(52)63-2)44-32-36-49(57(38-44)64-3)43-28-26-41(27-29-43)42-30-33-47(34-31-42)68-59-25-15-12-20-50(59)53-39-48(35-37-60(53)68)67(45-16-6-4-7-17-45)46-18-8-5-9-19-46/h4-40H. The fourth-order valence-electron chi connectivity index (χ4n) is 9.05. The fourth-order valence-corrected chi connectivity index (χ4v) is 9.05. The minimum absolute atomic E-state index is 0.375. The molecule has 0 atom stereocenters. The number of para-hydroxylation sites is 5. The van der Waals surface area contributed by atoms with E-state index in [1.54, 1.807) is 12.1 Å². The average molecular weight is 868 g/mol. The van der Waals surface area contributed by atoms with Crippen molar-refractivity contribution in [2.75, 3.05) is 4.90 Å². The molecule has 7 heteroatoms. The maximum atomic E-state index is 8.23. The highest BCUT2D eigenvalue weighted by Crippen LogP contribution is 2.42. The molecule has 0 spiro atoms. The lowest BCUT2D eigenvalue weighted by molar-refractivity contribution is 1.18. The molecule has 0 saturated carbocycles. The number of hydrogen-bond acceptors (Lipinski definition) is 3. The summed E-state index contributed by atoms with van der Waals surface area (Å²) >= 11 is 0. The van der Waals surface area contributed by atoms with Crippen LogP contribution in [0.15, 0.2) is 224 Å². The third-order valence-electron chi connectivity index (χ3n) is 12.3. The van der Waals surface area contributed by atoms with Crippen LogP contribution in [0.2, 0.25) is 0 Å². The molecule has 0 N–H and O–H groups in total. The number of rotatable bonds is 9. The fraction of sp³-hybridized carbons (Fsp3) is 0.